The van der Waals surface area contributed by atoms with Gasteiger partial charge in [-0.05, 0) is 12.1 Å². The van der Waals surface area contributed by atoms with Crippen molar-refractivity contribution in [1.82, 2.24) is 0 Å². The standard InChI is InChI=1S/C14H14N2O3/c1-9-10(2)14(18)16(13(9)17)11-5-3-4-6-12(11)19-8-7-15/h3-6,9-10H,8H2,1-2H3. The van der Waals surface area contributed by atoms with E-state index in [4.69, 9.17) is 10.00 Å². The minimum absolute atomic E-state index is 0.127. The first-order valence-corrected chi connectivity index (χ1v) is 6.04. The number of hydrogen-bond donors (Lipinski definition) is 0. The zero-order valence-electron chi connectivity index (χ0n) is 10.8. The summed E-state index contributed by atoms with van der Waals surface area (Å²) in [5.74, 6) is -0.767. The molecule has 0 saturated carbocycles. The molecule has 1 fully saturated rings. The topological polar surface area (TPSA) is 70.4 Å². The minimum atomic E-state index is -0.337. The van der Waals surface area contributed by atoms with Crippen molar-refractivity contribution in [3.8, 4) is 11.8 Å². The molecule has 0 aliphatic carbocycles. The Balaban J connectivity index is 2.40. The third-order valence-electron chi connectivity index (χ3n) is 3.37. The minimum Gasteiger partial charge on any atom is -0.477 e. The van der Waals surface area contributed by atoms with Crippen LogP contribution in [0.4, 0.5) is 5.69 Å². The van der Waals surface area contributed by atoms with Gasteiger partial charge in [0.2, 0.25) is 11.8 Å². The molecule has 1 aliphatic rings. The molecule has 1 aromatic rings. The Bertz CT molecular complexity index is 542. The summed E-state index contributed by atoms with van der Waals surface area (Å²) in [6, 6.07) is 8.60. The summed E-state index contributed by atoms with van der Waals surface area (Å²) in [6.45, 7) is 3.35. The van der Waals surface area contributed by atoms with E-state index in [1.54, 1.807) is 38.1 Å². The number of ether oxygens (including phenoxy) is 1. The summed E-state index contributed by atoms with van der Waals surface area (Å²) in [6.07, 6.45) is 0. The van der Waals surface area contributed by atoms with Crippen molar-refractivity contribution in [3.05, 3.63) is 24.3 Å². The fourth-order valence-electron chi connectivity index (χ4n) is 2.06. The maximum atomic E-state index is 12.1. The Morgan fingerprint density at radius 2 is 1.79 bits per heavy atom. The Morgan fingerprint density at radius 1 is 1.21 bits per heavy atom. The highest BCUT2D eigenvalue weighted by Crippen LogP contribution is 2.35. The van der Waals surface area contributed by atoms with Gasteiger partial charge in [-0.3, -0.25) is 9.59 Å². The summed E-state index contributed by atoms with van der Waals surface area (Å²) in [4.78, 5) is 25.4. The lowest BCUT2D eigenvalue weighted by Crippen LogP contribution is -2.31. The third kappa shape index (κ3) is 2.17. The van der Waals surface area contributed by atoms with Crippen molar-refractivity contribution in [2.75, 3.05) is 11.5 Å². The maximum Gasteiger partial charge on any atom is 0.237 e. The first kappa shape index (κ1) is 13.1. The number of nitrogens with zero attached hydrogens (tertiary/aromatic N) is 2. The van der Waals surface area contributed by atoms with Gasteiger partial charge in [-0.2, -0.15) is 5.26 Å². The lowest BCUT2D eigenvalue weighted by atomic mass is 10.00. The third-order valence-corrected chi connectivity index (χ3v) is 3.37. The SMILES string of the molecule is CC1C(=O)N(c2ccccc2OCC#N)C(=O)C1C. The van der Waals surface area contributed by atoms with Crippen molar-refractivity contribution in [2.45, 2.75) is 13.8 Å². The van der Waals surface area contributed by atoms with Crippen LogP contribution >= 0.6 is 0 Å². The number of carbonyl (C=O) groups excluding carboxylic acids is 2. The van der Waals surface area contributed by atoms with Gasteiger partial charge < -0.3 is 4.74 Å². The molecule has 1 aromatic carbocycles. The first-order chi connectivity index (χ1) is 9.07. The monoisotopic (exact) mass is 258 g/mol. The number of carbonyl (C=O) groups is 2. The molecular weight excluding hydrogens is 244 g/mol. The van der Waals surface area contributed by atoms with E-state index in [0.29, 0.717) is 11.4 Å². The van der Waals surface area contributed by atoms with Crippen LogP contribution in [0.2, 0.25) is 0 Å². The number of amides is 2. The Kier molecular flexibility index (Phi) is 3.52. The highest BCUT2D eigenvalue weighted by molar-refractivity contribution is 6.22. The van der Waals surface area contributed by atoms with Crippen molar-refractivity contribution < 1.29 is 14.3 Å². The molecule has 19 heavy (non-hydrogen) atoms. The molecular formula is C14H14N2O3. The quantitative estimate of drug-likeness (QED) is 0.774. The molecule has 1 saturated heterocycles. The summed E-state index contributed by atoms with van der Waals surface area (Å²) < 4.78 is 5.26. The van der Waals surface area contributed by atoms with E-state index in [-0.39, 0.29) is 30.3 Å². The fraction of sp³-hybridized carbons (Fsp3) is 0.357. The van der Waals surface area contributed by atoms with Crippen LogP contribution in [-0.2, 0) is 9.59 Å². The van der Waals surface area contributed by atoms with Crippen molar-refractivity contribution >= 4 is 17.5 Å². The maximum absolute atomic E-state index is 12.1. The van der Waals surface area contributed by atoms with Crippen LogP contribution in [0.1, 0.15) is 13.8 Å². The van der Waals surface area contributed by atoms with E-state index in [9.17, 15) is 9.59 Å². The van der Waals surface area contributed by atoms with Crippen LogP contribution in [0.3, 0.4) is 0 Å². The predicted molar refractivity (Wildman–Crippen MR) is 68.4 cm³/mol. The van der Waals surface area contributed by atoms with Gasteiger partial charge in [0.25, 0.3) is 0 Å². The Labute approximate surface area is 111 Å². The zero-order chi connectivity index (χ0) is 14.0. The largest absolute Gasteiger partial charge is 0.477 e. The van der Waals surface area contributed by atoms with Gasteiger partial charge in [-0.1, -0.05) is 26.0 Å². The highest BCUT2D eigenvalue weighted by atomic mass is 16.5. The number of anilines is 1. The first-order valence-electron chi connectivity index (χ1n) is 6.04. The molecule has 2 unspecified atom stereocenters. The van der Waals surface area contributed by atoms with Crippen LogP contribution in [0.5, 0.6) is 5.75 Å². The average molecular weight is 258 g/mol. The second-order valence-corrected chi connectivity index (χ2v) is 4.50. The molecule has 1 aliphatic heterocycles. The molecule has 0 aromatic heterocycles. The van der Waals surface area contributed by atoms with Crippen molar-refractivity contribution in [1.29, 1.82) is 5.26 Å². The van der Waals surface area contributed by atoms with E-state index >= 15 is 0 Å². The van der Waals surface area contributed by atoms with Crippen molar-refractivity contribution in [3.63, 3.8) is 0 Å². The molecule has 2 rings (SSSR count). The van der Waals surface area contributed by atoms with Gasteiger partial charge in [0.15, 0.2) is 6.61 Å². The molecule has 0 radical (unpaired) electrons. The second kappa shape index (κ2) is 5.11. The molecule has 0 spiro atoms. The Hall–Kier alpha value is -2.35. The van der Waals surface area contributed by atoms with Crippen LogP contribution in [0, 0.1) is 23.2 Å². The van der Waals surface area contributed by atoms with E-state index in [1.807, 2.05) is 6.07 Å². The Morgan fingerprint density at radius 3 is 2.37 bits per heavy atom. The lowest BCUT2D eigenvalue weighted by Gasteiger charge is -2.17. The van der Waals surface area contributed by atoms with Gasteiger partial charge in [-0.25, -0.2) is 4.90 Å². The average Bonchev–Trinajstić information content (AvgIpc) is 2.61. The number of para-hydroxylation sites is 2. The second-order valence-electron chi connectivity index (χ2n) is 4.50. The van der Waals surface area contributed by atoms with E-state index in [1.165, 1.54) is 0 Å². The summed E-state index contributed by atoms with van der Waals surface area (Å²) >= 11 is 0. The van der Waals surface area contributed by atoms with E-state index < -0.39 is 0 Å². The smallest absolute Gasteiger partial charge is 0.237 e. The molecule has 5 heteroatoms. The normalized spacial score (nSPS) is 22.5. The number of rotatable bonds is 3. The molecule has 0 bridgehead atoms. The van der Waals surface area contributed by atoms with Gasteiger partial charge >= 0.3 is 0 Å². The number of nitriles is 1. The summed E-state index contributed by atoms with van der Waals surface area (Å²) in [7, 11) is 0. The number of imide groups is 1. The highest BCUT2D eigenvalue weighted by Gasteiger charge is 2.43. The molecule has 5 nitrogen and oxygen atoms in total. The predicted octanol–water partition coefficient (Wildman–Crippen LogP) is 1.73. The van der Waals surface area contributed by atoms with Crippen molar-refractivity contribution in [2.24, 2.45) is 11.8 Å². The number of benzene rings is 1. The fourth-order valence-corrected chi connectivity index (χ4v) is 2.06. The van der Waals surface area contributed by atoms with Crippen LogP contribution in [0.15, 0.2) is 24.3 Å². The molecule has 2 amide bonds. The summed E-state index contributed by atoms with van der Waals surface area (Å²) in [5.41, 5.74) is 0.406. The molecule has 0 N–H and O–H groups in total. The van der Waals surface area contributed by atoms with Gasteiger partial charge in [0.05, 0.1) is 5.69 Å². The van der Waals surface area contributed by atoms with E-state index in [0.717, 1.165) is 4.90 Å². The van der Waals surface area contributed by atoms with Crippen LogP contribution in [0.25, 0.3) is 0 Å². The van der Waals surface area contributed by atoms with Gasteiger partial charge in [-0.15, -0.1) is 0 Å². The molecule has 98 valence electrons. The van der Waals surface area contributed by atoms with E-state index in [2.05, 4.69) is 0 Å². The van der Waals surface area contributed by atoms with Gasteiger partial charge in [0.1, 0.15) is 11.8 Å². The van der Waals surface area contributed by atoms with Crippen LogP contribution < -0.4 is 9.64 Å². The number of hydrogen-bond acceptors (Lipinski definition) is 4. The summed E-state index contributed by atoms with van der Waals surface area (Å²) in [5, 5.41) is 8.55. The van der Waals surface area contributed by atoms with Gasteiger partial charge in [0, 0.05) is 11.8 Å². The lowest BCUT2D eigenvalue weighted by molar-refractivity contribution is -0.122. The molecule has 2 atom stereocenters. The zero-order valence-corrected chi connectivity index (χ0v) is 10.8. The van der Waals surface area contributed by atoms with Crippen LogP contribution in [-0.4, -0.2) is 18.4 Å². The molecule has 1 heterocycles.